The number of phenolic OH excluding ortho intramolecular Hbond substituents is 1. The quantitative estimate of drug-likeness (QED) is 0.688. The minimum Gasteiger partial charge on any atom is -0.508 e. The lowest BCUT2D eigenvalue weighted by molar-refractivity contribution is -0.139. The van der Waals surface area contributed by atoms with Crippen molar-refractivity contribution in [1.82, 2.24) is 5.32 Å². The van der Waals surface area contributed by atoms with Gasteiger partial charge in [0, 0.05) is 29.7 Å². The number of esters is 1. The summed E-state index contributed by atoms with van der Waals surface area (Å²) in [4.78, 5) is 26.4. The molecule has 1 aliphatic heterocycles. The molecule has 1 aliphatic carbocycles. The zero-order valence-corrected chi connectivity index (χ0v) is 18.4. The predicted octanol–water partition coefficient (Wildman–Crippen LogP) is 4.18. The third-order valence-electron chi connectivity index (χ3n) is 6.16. The van der Waals surface area contributed by atoms with Crippen molar-refractivity contribution in [2.24, 2.45) is 5.92 Å². The molecule has 166 valence electrons. The first kappa shape index (κ1) is 21.7. The van der Waals surface area contributed by atoms with E-state index in [4.69, 9.17) is 9.47 Å². The summed E-state index contributed by atoms with van der Waals surface area (Å²) in [5.74, 6) is -0.537. The fourth-order valence-electron chi connectivity index (χ4n) is 4.66. The number of ketones is 1. The van der Waals surface area contributed by atoms with Crippen LogP contribution < -0.4 is 10.1 Å². The molecule has 3 unspecified atom stereocenters. The van der Waals surface area contributed by atoms with Crippen LogP contribution in [0.4, 0.5) is 0 Å². The van der Waals surface area contributed by atoms with Gasteiger partial charge >= 0.3 is 5.97 Å². The summed E-state index contributed by atoms with van der Waals surface area (Å²) < 4.78 is 10.6. The summed E-state index contributed by atoms with van der Waals surface area (Å²) in [7, 11) is 1.62. The number of fused-ring (bicyclic) bond motifs is 1. The molecule has 0 fully saturated rings. The number of carbonyl (C=O) groups excluding carboxylic acids is 2. The highest BCUT2D eigenvalue weighted by atomic mass is 16.5. The Balaban J connectivity index is 1.79. The lowest BCUT2D eigenvalue weighted by Crippen LogP contribution is -2.41. The Morgan fingerprint density at radius 3 is 2.34 bits per heavy atom. The van der Waals surface area contributed by atoms with Crippen LogP contribution in [0.25, 0.3) is 0 Å². The van der Waals surface area contributed by atoms with Gasteiger partial charge in [-0.15, -0.1) is 0 Å². The summed E-state index contributed by atoms with van der Waals surface area (Å²) in [5.41, 5.74) is 3.75. The molecule has 4 rings (SSSR count). The normalized spacial score (nSPS) is 22.5. The van der Waals surface area contributed by atoms with Gasteiger partial charge in [0.15, 0.2) is 0 Å². The number of ether oxygens (including phenoxy) is 2. The molecule has 0 aromatic heterocycles. The maximum absolute atomic E-state index is 13.5. The van der Waals surface area contributed by atoms with Gasteiger partial charge in [-0.1, -0.05) is 30.3 Å². The zero-order chi connectivity index (χ0) is 22.8. The van der Waals surface area contributed by atoms with E-state index in [0.717, 1.165) is 22.6 Å². The standard InChI is InChI=1S/C26H27NO5/c1-4-32-26(30)23-15(2)27-21-13-18(16-7-11-20(31-3)12-8-16)14-22(29)25(21)24(23)17-5-9-19(28)10-6-17/h5-13,18,24-25,27-28H,4,14H2,1-3H3. The number of Topliss-reactive ketones (excluding diaryl/α,β-unsaturated/α-hetero) is 1. The average Bonchev–Trinajstić information content (AvgIpc) is 2.78. The van der Waals surface area contributed by atoms with Crippen LogP contribution >= 0.6 is 0 Å². The van der Waals surface area contributed by atoms with Gasteiger partial charge in [0.25, 0.3) is 0 Å². The molecule has 6 heteroatoms. The molecule has 3 atom stereocenters. The van der Waals surface area contributed by atoms with Gasteiger partial charge in [-0.2, -0.15) is 0 Å². The first-order valence-corrected chi connectivity index (χ1v) is 10.7. The summed E-state index contributed by atoms with van der Waals surface area (Å²) in [5, 5.41) is 13.1. The van der Waals surface area contributed by atoms with E-state index in [1.54, 1.807) is 38.3 Å². The minimum absolute atomic E-state index is 0.0585. The largest absolute Gasteiger partial charge is 0.508 e. The fraction of sp³-hybridized carbons (Fsp3) is 0.308. The fourth-order valence-corrected chi connectivity index (χ4v) is 4.66. The molecule has 2 aliphatic rings. The second kappa shape index (κ2) is 8.91. The zero-order valence-electron chi connectivity index (χ0n) is 18.4. The van der Waals surface area contributed by atoms with Crippen molar-refractivity contribution in [2.45, 2.75) is 32.1 Å². The van der Waals surface area contributed by atoms with Crippen molar-refractivity contribution < 1.29 is 24.2 Å². The van der Waals surface area contributed by atoms with E-state index in [1.807, 2.05) is 31.2 Å². The number of allylic oxidation sites excluding steroid dienone is 3. The third-order valence-corrected chi connectivity index (χ3v) is 6.16. The SMILES string of the molecule is CCOC(=O)C1=C(C)NC2=CC(c3ccc(OC)cc3)CC(=O)C2C1c1ccc(O)cc1. The van der Waals surface area contributed by atoms with Crippen LogP contribution in [0.2, 0.25) is 0 Å². The van der Waals surface area contributed by atoms with Gasteiger partial charge < -0.3 is 19.9 Å². The summed E-state index contributed by atoms with van der Waals surface area (Å²) >= 11 is 0. The smallest absolute Gasteiger partial charge is 0.336 e. The van der Waals surface area contributed by atoms with Crippen LogP contribution in [0, 0.1) is 5.92 Å². The van der Waals surface area contributed by atoms with Gasteiger partial charge in [0.05, 0.1) is 25.2 Å². The topological polar surface area (TPSA) is 84.9 Å². The number of aromatic hydroxyl groups is 1. The maximum Gasteiger partial charge on any atom is 0.336 e. The molecule has 2 aromatic carbocycles. The Labute approximate surface area is 187 Å². The van der Waals surface area contributed by atoms with Crippen molar-refractivity contribution in [3.05, 3.63) is 82.7 Å². The van der Waals surface area contributed by atoms with E-state index < -0.39 is 17.8 Å². The van der Waals surface area contributed by atoms with E-state index in [2.05, 4.69) is 11.4 Å². The molecule has 0 spiro atoms. The molecule has 0 saturated heterocycles. The summed E-state index contributed by atoms with van der Waals surface area (Å²) in [6.45, 7) is 3.84. The van der Waals surface area contributed by atoms with Crippen LogP contribution in [-0.4, -0.2) is 30.6 Å². The Bertz CT molecular complexity index is 1080. The van der Waals surface area contributed by atoms with Crippen LogP contribution in [0.1, 0.15) is 43.2 Å². The van der Waals surface area contributed by atoms with E-state index in [1.165, 1.54) is 0 Å². The third kappa shape index (κ3) is 4.00. The van der Waals surface area contributed by atoms with Gasteiger partial charge in [-0.05, 0) is 49.2 Å². The van der Waals surface area contributed by atoms with Crippen LogP contribution in [0.15, 0.2) is 71.6 Å². The van der Waals surface area contributed by atoms with Crippen LogP contribution in [-0.2, 0) is 14.3 Å². The van der Waals surface area contributed by atoms with Crippen molar-refractivity contribution >= 4 is 11.8 Å². The highest BCUT2D eigenvalue weighted by Crippen LogP contribution is 2.46. The Hall–Kier alpha value is -3.54. The van der Waals surface area contributed by atoms with E-state index in [0.29, 0.717) is 17.7 Å². The number of phenols is 1. The van der Waals surface area contributed by atoms with E-state index in [-0.39, 0.29) is 24.1 Å². The number of methoxy groups -OCH3 is 1. The molecule has 0 radical (unpaired) electrons. The highest BCUT2D eigenvalue weighted by molar-refractivity contribution is 5.96. The van der Waals surface area contributed by atoms with Crippen molar-refractivity contribution in [2.75, 3.05) is 13.7 Å². The molecular weight excluding hydrogens is 406 g/mol. The molecule has 0 saturated carbocycles. The Morgan fingerprint density at radius 2 is 1.72 bits per heavy atom. The van der Waals surface area contributed by atoms with Gasteiger partial charge in [0.1, 0.15) is 17.3 Å². The first-order chi connectivity index (χ1) is 15.4. The molecule has 2 aromatic rings. The minimum atomic E-state index is -0.517. The van der Waals surface area contributed by atoms with Crippen molar-refractivity contribution in [3.8, 4) is 11.5 Å². The molecule has 6 nitrogen and oxygen atoms in total. The van der Waals surface area contributed by atoms with Crippen LogP contribution in [0.3, 0.4) is 0 Å². The second-order valence-corrected chi connectivity index (χ2v) is 8.10. The average molecular weight is 434 g/mol. The molecule has 32 heavy (non-hydrogen) atoms. The molecule has 0 amide bonds. The summed E-state index contributed by atoms with van der Waals surface area (Å²) in [6, 6.07) is 14.4. The maximum atomic E-state index is 13.5. The highest BCUT2D eigenvalue weighted by Gasteiger charge is 2.44. The lowest BCUT2D eigenvalue weighted by atomic mass is 9.68. The summed E-state index contributed by atoms with van der Waals surface area (Å²) in [6.07, 6.45) is 2.43. The van der Waals surface area contributed by atoms with Crippen molar-refractivity contribution in [1.29, 1.82) is 0 Å². The second-order valence-electron chi connectivity index (χ2n) is 8.10. The molecule has 1 heterocycles. The number of nitrogens with one attached hydrogen (secondary N) is 1. The predicted molar refractivity (Wildman–Crippen MR) is 120 cm³/mol. The number of rotatable bonds is 5. The molecule has 0 bridgehead atoms. The van der Waals surface area contributed by atoms with E-state index >= 15 is 0 Å². The molecular formula is C26H27NO5. The first-order valence-electron chi connectivity index (χ1n) is 10.7. The van der Waals surface area contributed by atoms with Gasteiger partial charge in [-0.25, -0.2) is 4.79 Å². The number of benzene rings is 2. The van der Waals surface area contributed by atoms with Crippen molar-refractivity contribution in [3.63, 3.8) is 0 Å². The number of carbonyl (C=O) groups is 2. The van der Waals surface area contributed by atoms with Gasteiger partial charge in [0.2, 0.25) is 0 Å². The Morgan fingerprint density at radius 1 is 1.06 bits per heavy atom. The van der Waals surface area contributed by atoms with E-state index in [9.17, 15) is 14.7 Å². The van der Waals surface area contributed by atoms with Gasteiger partial charge in [-0.3, -0.25) is 4.79 Å². The Kier molecular flexibility index (Phi) is 6.04. The molecule has 2 N–H and O–H groups in total. The lowest BCUT2D eigenvalue weighted by Gasteiger charge is -2.39. The number of hydrogen-bond acceptors (Lipinski definition) is 6. The monoisotopic (exact) mass is 433 g/mol. The number of hydrogen-bond donors (Lipinski definition) is 2. The van der Waals surface area contributed by atoms with Crippen LogP contribution in [0.5, 0.6) is 11.5 Å².